The van der Waals surface area contributed by atoms with Gasteiger partial charge in [-0.1, -0.05) is 0 Å². The summed E-state index contributed by atoms with van der Waals surface area (Å²) in [7, 11) is 0. The number of nitrogens with one attached hydrogen (secondary N) is 1. The van der Waals surface area contributed by atoms with Gasteiger partial charge in [-0.25, -0.2) is 10.2 Å². The fourth-order valence-electron chi connectivity index (χ4n) is 1.08. The summed E-state index contributed by atoms with van der Waals surface area (Å²) in [6.45, 7) is 1.33. The molecule has 8 heteroatoms. The molecule has 0 spiro atoms. The standard InChI is InChI=1S/C9H16N2O5S/c1-6(8(13)14)10-11(5-12)7(9(15)16)3-4-17-2/h5-7,10H,3-4H2,1-2H3,(H,13,14)(H,15,16)/t6-,7-/m0/s1. The maximum Gasteiger partial charge on any atom is 0.328 e. The molecule has 7 nitrogen and oxygen atoms in total. The second-order valence-electron chi connectivity index (χ2n) is 3.34. The number of aliphatic carboxylic acids is 2. The number of hydrogen-bond acceptors (Lipinski definition) is 5. The predicted octanol–water partition coefficient (Wildman–Crippen LogP) is -0.371. The monoisotopic (exact) mass is 264 g/mol. The van der Waals surface area contributed by atoms with Crippen molar-refractivity contribution in [3.63, 3.8) is 0 Å². The summed E-state index contributed by atoms with van der Waals surface area (Å²) in [4.78, 5) is 32.3. The van der Waals surface area contributed by atoms with Gasteiger partial charge < -0.3 is 10.2 Å². The molecule has 0 aliphatic heterocycles. The zero-order chi connectivity index (χ0) is 13.4. The second-order valence-corrected chi connectivity index (χ2v) is 4.32. The van der Waals surface area contributed by atoms with Crippen molar-refractivity contribution in [1.29, 1.82) is 0 Å². The van der Waals surface area contributed by atoms with Crippen LogP contribution >= 0.6 is 11.8 Å². The highest BCUT2D eigenvalue weighted by Gasteiger charge is 2.26. The summed E-state index contributed by atoms with van der Waals surface area (Å²) < 4.78 is 0. The van der Waals surface area contributed by atoms with Crippen LogP contribution in [-0.2, 0) is 14.4 Å². The molecule has 0 aromatic rings. The van der Waals surface area contributed by atoms with E-state index >= 15 is 0 Å². The van der Waals surface area contributed by atoms with Crippen molar-refractivity contribution in [3.8, 4) is 0 Å². The molecule has 98 valence electrons. The normalized spacial score (nSPS) is 13.8. The van der Waals surface area contributed by atoms with Crippen LogP contribution in [0.3, 0.4) is 0 Å². The Balaban J connectivity index is 4.60. The Morgan fingerprint density at radius 3 is 2.35 bits per heavy atom. The minimum Gasteiger partial charge on any atom is -0.480 e. The lowest BCUT2D eigenvalue weighted by atomic mass is 10.2. The molecule has 17 heavy (non-hydrogen) atoms. The first-order chi connectivity index (χ1) is 7.93. The van der Waals surface area contributed by atoms with Gasteiger partial charge in [0.25, 0.3) is 0 Å². The highest BCUT2D eigenvalue weighted by Crippen LogP contribution is 2.06. The van der Waals surface area contributed by atoms with Crippen LogP contribution in [0.1, 0.15) is 13.3 Å². The summed E-state index contributed by atoms with van der Waals surface area (Å²) in [5, 5.41) is 18.4. The van der Waals surface area contributed by atoms with Crippen molar-refractivity contribution < 1.29 is 24.6 Å². The molecule has 3 N–H and O–H groups in total. The number of hydrogen-bond donors (Lipinski definition) is 3. The van der Waals surface area contributed by atoms with Crippen LogP contribution in [0.15, 0.2) is 0 Å². The van der Waals surface area contributed by atoms with E-state index in [-0.39, 0.29) is 6.42 Å². The highest BCUT2D eigenvalue weighted by molar-refractivity contribution is 7.98. The number of amides is 1. The first-order valence-electron chi connectivity index (χ1n) is 4.88. The first-order valence-corrected chi connectivity index (χ1v) is 6.27. The first kappa shape index (κ1) is 15.7. The van der Waals surface area contributed by atoms with Gasteiger partial charge in [0.1, 0.15) is 12.1 Å². The van der Waals surface area contributed by atoms with Crippen molar-refractivity contribution in [2.45, 2.75) is 25.4 Å². The zero-order valence-corrected chi connectivity index (χ0v) is 10.4. The fourth-order valence-corrected chi connectivity index (χ4v) is 1.54. The van der Waals surface area contributed by atoms with Crippen LogP contribution in [0.5, 0.6) is 0 Å². The lowest BCUT2D eigenvalue weighted by molar-refractivity contribution is -0.152. The van der Waals surface area contributed by atoms with Crippen molar-refractivity contribution in [1.82, 2.24) is 10.4 Å². The Labute approximate surface area is 103 Å². The van der Waals surface area contributed by atoms with Gasteiger partial charge in [0.15, 0.2) is 0 Å². The van der Waals surface area contributed by atoms with Crippen molar-refractivity contribution in [2.24, 2.45) is 0 Å². The lowest BCUT2D eigenvalue weighted by Crippen LogP contribution is -2.54. The fraction of sp³-hybridized carbons (Fsp3) is 0.667. The Morgan fingerprint density at radius 1 is 1.41 bits per heavy atom. The van der Waals surface area contributed by atoms with E-state index in [1.54, 1.807) is 0 Å². The minimum atomic E-state index is -1.17. The maximum atomic E-state index is 11.0. The van der Waals surface area contributed by atoms with Crippen molar-refractivity contribution in [2.75, 3.05) is 12.0 Å². The average Bonchev–Trinajstić information content (AvgIpc) is 2.26. The van der Waals surface area contributed by atoms with E-state index < -0.39 is 24.0 Å². The zero-order valence-electron chi connectivity index (χ0n) is 9.62. The van der Waals surface area contributed by atoms with Crippen LogP contribution in [0.4, 0.5) is 0 Å². The number of rotatable bonds is 9. The Hall–Kier alpha value is -1.28. The molecule has 0 bridgehead atoms. The number of carbonyl (C=O) groups excluding carboxylic acids is 1. The second kappa shape index (κ2) is 7.91. The molecule has 0 saturated carbocycles. The quantitative estimate of drug-likeness (QED) is 0.385. The lowest BCUT2D eigenvalue weighted by Gasteiger charge is -2.27. The van der Waals surface area contributed by atoms with Crippen molar-refractivity contribution >= 4 is 30.1 Å². The summed E-state index contributed by atoms with van der Waals surface area (Å²) >= 11 is 1.45. The van der Waals surface area contributed by atoms with Crippen LogP contribution in [-0.4, -0.2) is 57.7 Å². The molecule has 2 atom stereocenters. The number of hydrazine groups is 1. The Kier molecular flexibility index (Phi) is 7.31. The molecular weight excluding hydrogens is 248 g/mol. The summed E-state index contributed by atoms with van der Waals surface area (Å²) in [5.41, 5.74) is 2.33. The third-order valence-corrected chi connectivity index (χ3v) is 2.69. The molecule has 0 heterocycles. The minimum absolute atomic E-state index is 0.245. The van der Waals surface area contributed by atoms with Crippen LogP contribution in [0.2, 0.25) is 0 Å². The largest absolute Gasteiger partial charge is 0.480 e. The molecule has 0 aromatic carbocycles. The molecular formula is C9H16N2O5S. The Morgan fingerprint density at radius 2 is 2.00 bits per heavy atom. The molecule has 0 aliphatic carbocycles. The molecule has 0 unspecified atom stereocenters. The third-order valence-electron chi connectivity index (χ3n) is 2.04. The summed E-state index contributed by atoms with van der Waals surface area (Å²) in [6, 6.07) is -2.10. The summed E-state index contributed by atoms with van der Waals surface area (Å²) in [6.07, 6.45) is 2.35. The van der Waals surface area contributed by atoms with Gasteiger partial charge in [-0.2, -0.15) is 11.8 Å². The van der Waals surface area contributed by atoms with Gasteiger partial charge in [0.05, 0.1) is 0 Å². The topological polar surface area (TPSA) is 107 Å². The van der Waals surface area contributed by atoms with Gasteiger partial charge in [-0.05, 0) is 25.4 Å². The van der Waals surface area contributed by atoms with E-state index in [1.165, 1.54) is 18.7 Å². The van der Waals surface area contributed by atoms with Crippen LogP contribution in [0.25, 0.3) is 0 Å². The van der Waals surface area contributed by atoms with Gasteiger partial charge in [-0.3, -0.25) is 14.6 Å². The smallest absolute Gasteiger partial charge is 0.328 e. The van der Waals surface area contributed by atoms with E-state index in [1.807, 2.05) is 6.26 Å². The van der Waals surface area contributed by atoms with Gasteiger partial charge in [0.2, 0.25) is 6.41 Å². The van der Waals surface area contributed by atoms with Crippen LogP contribution in [0, 0.1) is 0 Å². The molecule has 0 rings (SSSR count). The van der Waals surface area contributed by atoms with E-state index in [9.17, 15) is 14.4 Å². The molecule has 0 saturated heterocycles. The third kappa shape index (κ3) is 5.55. The number of carboxylic acids is 2. The van der Waals surface area contributed by atoms with E-state index in [4.69, 9.17) is 10.2 Å². The molecule has 0 fully saturated rings. The van der Waals surface area contributed by atoms with Crippen LogP contribution < -0.4 is 5.43 Å². The number of carbonyl (C=O) groups is 3. The van der Waals surface area contributed by atoms with E-state index in [0.717, 1.165) is 5.01 Å². The van der Waals surface area contributed by atoms with E-state index in [2.05, 4.69) is 5.43 Å². The number of carboxylic acid groups (broad SMARTS) is 2. The summed E-state index contributed by atoms with van der Waals surface area (Å²) in [5.74, 6) is -1.77. The highest BCUT2D eigenvalue weighted by atomic mass is 32.2. The number of thioether (sulfide) groups is 1. The molecule has 0 aromatic heterocycles. The van der Waals surface area contributed by atoms with Gasteiger partial charge >= 0.3 is 11.9 Å². The predicted molar refractivity (Wildman–Crippen MR) is 62.6 cm³/mol. The molecule has 0 radical (unpaired) electrons. The van der Waals surface area contributed by atoms with Crippen molar-refractivity contribution in [3.05, 3.63) is 0 Å². The Bertz CT molecular complexity index is 287. The average molecular weight is 264 g/mol. The molecule has 1 amide bonds. The SMILES string of the molecule is CSCC[C@@H](C(=O)O)N(C=O)N[C@@H](C)C(=O)O. The maximum absolute atomic E-state index is 11.0. The number of nitrogens with zero attached hydrogens (tertiary/aromatic N) is 1. The van der Waals surface area contributed by atoms with Gasteiger partial charge in [-0.15, -0.1) is 0 Å². The van der Waals surface area contributed by atoms with Gasteiger partial charge in [0, 0.05) is 0 Å². The van der Waals surface area contributed by atoms with E-state index in [0.29, 0.717) is 12.2 Å². The molecule has 0 aliphatic rings.